The standard InChI is InChI=1S/C15H28N3/c1-5-14(6-2)9-16-13-17-10-15(7-3,8-4)12-18(13)11-14/h5-12H2,1-4H3/q-1. The van der Waals surface area contributed by atoms with Crippen LogP contribution in [0, 0.1) is 10.8 Å². The lowest BCUT2D eigenvalue weighted by atomic mass is 9.77. The van der Waals surface area contributed by atoms with Crippen LogP contribution in [0.1, 0.15) is 53.4 Å². The molecule has 1 saturated heterocycles. The molecular formula is C15H28N3-. The molecule has 0 aliphatic carbocycles. The van der Waals surface area contributed by atoms with Gasteiger partial charge in [-0.15, -0.1) is 0 Å². The van der Waals surface area contributed by atoms with Gasteiger partial charge in [-0.25, -0.2) is 0 Å². The largest absolute Gasteiger partial charge is 0.425 e. The zero-order valence-corrected chi connectivity index (χ0v) is 12.5. The average Bonchev–Trinajstić information content (AvgIpc) is 2.45. The second-order valence-corrected chi connectivity index (χ2v) is 6.20. The van der Waals surface area contributed by atoms with Crippen LogP contribution in [0.2, 0.25) is 0 Å². The summed E-state index contributed by atoms with van der Waals surface area (Å²) < 4.78 is 0. The maximum atomic E-state index is 4.76. The van der Waals surface area contributed by atoms with Crippen molar-refractivity contribution in [1.82, 2.24) is 4.90 Å². The summed E-state index contributed by atoms with van der Waals surface area (Å²) >= 11 is 0. The van der Waals surface area contributed by atoms with Crippen LogP contribution in [0.25, 0.3) is 5.32 Å². The second kappa shape index (κ2) is 5.10. The molecule has 0 aromatic rings. The smallest absolute Gasteiger partial charge is 0.00920 e. The highest BCUT2D eigenvalue weighted by molar-refractivity contribution is 5.93. The van der Waals surface area contributed by atoms with Crippen LogP contribution in [0.15, 0.2) is 4.99 Å². The molecule has 0 atom stereocenters. The average molecular weight is 250 g/mol. The van der Waals surface area contributed by atoms with Gasteiger partial charge < -0.3 is 15.2 Å². The Balaban J connectivity index is 2.16. The van der Waals surface area contributed by atoms with Gasteiger partial charge in [0.15, 0.2) is 0 Å². The normalized spacial score (nSPS) is 25.1. The van der Waals surface area contributed by atoms with E-state index in [9.17, 15) is 0 Å². The van der Waals surface area contributed by atoms with Gasteiger partial charge in [-0.2, -0.15) is 0 Å². The Hall–Kier alpha value is -0.730. The Morgan fingerprint density at radius 3 is 2.11 bits per heavy atom. The number of fused-ring (bicyclic) bond motifs is 1. The maximum absolute atomic E-state index is 4.76. The zero-order chi connectivity index (χ0) is 13.2. The van der Waals surface area contributed by atoms with E-state index in [1.807, 2.05) is 0 Å². The van der Waals surface area contributed by atoms with Crippen LogP contribution >= 0.6 is 0 Å². The number of rotatable bonds is 4. The van der Waals surface area contributed by atoms with Crippen molar-refractivity contribution in [2.24, 2.45) is 15.8 Å². The molecule has 0 unspecified atom stereocenters. The minimum absolute atomic E-state index is 0.392. The molecule has 0 aromatic heterocycles. The van der Waals surface area contributed by atoms with E-state index in [4.69, 9.17) is 10.3 Å². The van der Waals surface area contributed by atoms with Crippen LogP contribution in [-0.2, 0) is 0 Å². The molecule has 2 aliphatic rings. The highest BCUT2D eigenvalue weighted by atomic mass is 15.3. The Morgan fingerprint density at radius 1 is 1.00 bits per heavy atom. The Morgan fingerprint density at radius 2 is 1.56 bits per heavy atom. The first kappa shape index (κ1) is 13.7. The molecule has 0 saturated carbocycles. The van der Waals surface area contributed by atoms with Gasteiger partial charge in [0.2, 0.25) is 0 Å². The summed E-state index contributed by atoms with van der Waals surface area (Å²) in [5, 5.41) is 4.76. The third kappa shape index (κ3) is 2.24. The van der Waals surface area contributed by atoms with E-state index in [-0.39, 0.29) is 0 Å². The summed E-state index contributed by atoms with van der Waals surface area (Å²) in [5.74, 6) is 1.03. The van der Waals surface area contributed by atoms with Gasteiger partial charge >= 0.3 is 0 Å². The monoisotopic (exact) mass is 250 g/mol. The summed E-state index contributed by atoms with van der Waals surface area (Å²) in [7, 11) is 0. The van der Waals surface area contributed by atoms with Gasteiger partial charge in [0.25, 0.3) is 0 Å². The first-order valence-corrected chi connectivity index (χ1v) is 7.59. The molecule has 0 radical (unpaired) electrons. The highest BCUT2D eigenvalue weighted by Crippen LogP contribution is 2.39. The van der Waals surface area contributed by atoms with Crippen LogP contribution in [0.4, 0.5) is 0 Å². The summed E-state index contributed by atoms with van der Waals surface area (Å²) in [6.45, 7) is 13.5. The lowest BCUT2D eigenvalue weighted by Crippen LogP contribution is -2.54. The van der Waals surface area contributed by atoms with E-state index >= 15 is 0 Å². The molecule has 0 aromatic carbocycles. The second-order valence-electron chi connectivity index (χ2n) is 6.20. The molecule has 0 N–H and O–H groups in total. The van der Waals surface area contributed by atoms with Crippen molar-refractivity contribution in [3.8, 4) is 0 Å². The summed E-state index contributed by atoms with van der Waals surface area (Å²) in [6, 6.07) is 0. The lowest BCUT2D eigenvalue weighted by Gasteiger charge is -2.56. The van der Waals surface area contributed by atoms with Crippen LogP contribution in [-0.4, -0.2) is 37.0 Å². The molecular weight excluding hydrogens is 222 g/mol. The van der Waals surface area contributed by atoms with Gasteiger partial charge in [-0.05, 0) is 62.7 Å². The van der Waals surface area contributed by atoms with Crippen LogP contribution in [0.3, 0.4) is 0 Å². The van der Waals surface area contributed by atoms with Crippen LogP contribution < -0.4 is 0 Å². The summed E-state index contributed by atoms with van der Waals surface area (Å²) in [6.07, 6.45) is 4.90. The van der Waals surface area contributed by atoms with Crippen molar-refractivity contribution in [2.75, 3.05) is 26.2 Å². The fourth-order valence-corrected chi connectivity index (χ4v) is 3.23. The minimum Gasteiger partial charge on any atom is -0.425 e. The summed E-state index contributed by atoms with van der Waals surface area (Å²) in [5.41, 5.74) is 0.785. The third-order valence-electron chi connectivity index (χ3n) is 5.45. The molecule has 0 spiro atoms. The molecule has 0 bridgehead atoms. The predicted octanol–water partition coefficient (Wildman–Crippen LogP) is 3.66. The van der Waals surface area contributed by atoms with Gasteiger partial charge in [0.1, 0.15) is 0 Å². The molecule has 2 heterocycles. The first-order chi connectivity index (χ1) is 8.62. The first-order valence-electron chi connectivity index (χ1n) is 7.59. The van der Waals surface area contributed by atoms with Crippen molar-refractivity contribution in [3.05, 3.63) is 5.32 Å². The number of hydrogen-bond acceptors (Lipinski definition) is 2. The van der Waals surface area contributed by atoms with E-state index in [1.165, 1.54) is 25.7 Å². The van der Waals surface area contributed by atoms with Crippen molar-refractivity contribution in [3.63, 3.8) is 0 Å². The topological polar surface area (TPSA) is 29.7 Å². The van der Waals surface area contributed by atoms with Crippen molar-refractivity contribution in [2.45, 2.75) is 53.4 Å². The fraction of sp³-hybridized carbons (Fsp3) is 0.933. The molecule has 2 rings (SSSR count). The van der Waals surface area contributed by atoms with Crippen molar-refractivity contribution in [1.29, 1.82) is 0 Å². The lowest BCUT2D eigenvalue weighted by molar-refractivity contribution is 0.120. The molecule has 0 amide bonds. The quantitative estimate of drug-likeness (QED) is 0.749. The molecule has 3 nitrogen and oxygen atoms in total. The number of aliphatic imine (C=N–C) groups is 1. The molecule has 104 valence electrons. The van der Waals surface area contributed by atoms with Gasteiger partial charge in [-0.1, -0.05) is 27.7 Å². The van der Waals surface area contributed by atoms with E-state index in [0.717, 1.165) is 32.1 Å². The van der Waals surface area contributed by atoms with E-state index in [0.29, 0.717) is 10.8 Å². The van der Waals surface area contributed by atoms with E-state index in [1.54, 1.807) is 0 Å². The highest BCUT2D eigenvalue weighted by Gasteiger charge is 2.36. The van der Waals surface area contributed by atoms with E-state index in [2.05, 4.69) is 32.6 Å². The molecule has 3 heteroatoms. The van der Waals surface area contributed by atoms with Crippen molar-refractivity contribution >= 4 is 5.96 Å². The Labute approximate surface area is 112 Å². The third-order valence-corrected chi connectivity index (χ3v) is 5.45. The number of hydrogen-bond donors (Lipinski definition) is 0. The van der Waals surface area contributed by atoms with E-state index < -0.39 is 0 Å². The van der Waals surface area contributed by atoms with Crippen molar-refractivity contribution < 1.29 is 0 Å². The van der Waals surface area contributed by atoms with Gasteiger partial charge in [0, 0.05) is 5.96 Å². The molecule has 1 fully saturated rings. The predicted molar refractivity (Wildman–Crippen MR) is 78.1 cm³/mol. The van der Waals surface area contributed by atoms with Gasteiger partial charge in [0.05, 0.1) is 0 Å². The van der Waals surface area contributed by atoms with Gasteiger partial charge in [-0.3, -0.25) is 0 Å². The summed E-state index contributed by atoms with van der Waals surface area (Å²) in [4.78, 5) is 7.22. The minimum atomic E-state index is 0.392. The Kier molecular flexibility index (Phi) is 3.88. The number of guanidine groups is 1. The molecule has 18 heavy (non-hydrogen) atoms. The fourth-order valence-electron chi connectivity index (χ4n) is 3.23. The zero-order valence-electron chi connectivity index (χ0n) is 12.5. The van der Waals surface area contributed by atoms with Crippen LogP contribution in [0.5, 0.6) is 0 Å². The Bertz CT molecular complexity index is 314. The SMILES string of the molecule is CCC1(CC)CN=C2[N-]CC(CC)(CC)CN2C1. The maximum Gasteiger partial charge on any atom is 0.00920 e. The molecule has 2 aliphatic heterocycles. The number of nitrogens with zero attached hydrogens (tertiary/aromatic N) is 3.